The maximum absolute atomic E-state index is 12.6. The van der Waals surface area contributed by atoms with Gasteiger partial charge in [-0.15, -0.1) is 0 Å². The lowest BCUT2D eigenvalue weighted by molar-refractivity contribution is -0.154. The SMILES string of the molecule is CC.O=C(NC1(c2ccc(Br)cc2)CC1)C(O)C(O)C(=O)N1Cc2ccccc2C1. The molecule has 7 heteroatoms. The first-order chi connectivity index (χ1) is 14.4. The van der Waals surface area contributed by atoms with Gasteiger partial charge in [0.2, 0.25) is 0 Å². The van der Waals surface area contributed by atoms with Crippen molar-refractivity contribution < 1.29 is 19.8 Å². The van der Waals surface area contributed by atoms with Crippen molar-refractivity contribution in [1.82, 2.24) is 10.2 Å². The van der Waals surface area contributed by atoms with Crippen LogP contribution in [0.15, 0.2) is 53.0 Å². The highest BCUT2D eigenvalue weighted by Gasteiger charge is 2.47. The van der Waals surface area contributed by atoms with Crippen LogP contribution in [0.4, 0.5) is 0 Å². The van der Waals surface area contributed by atoms with Gasteiger partial charge in [-0.2, -0.15) is 0 Å². The van der Waals surface area contributed by atoms with Gasteiger partial charge < -0.3 is 20.4 Å². The van der Waals surface area contributed by atoms with E-state index < -0.39 is 29.6 Å². The molecule has 1 aliphatic heterocycles. The van der Waals surface area contributed by atoms with Crippen LogP contribution < -0.4 is 5.32 Å². The molecular formula is C23H27BrN2O4. The van der Waals surface area contributed by atoms with Crippen molar-refractivity contribution in [2.75, 3.05) is 0 Å². The molecule has 2 atom stereocenters. The molecule has 0 aromatic heterocycles. The second-order valence-electron chi connectivity index (χ2n) is 7.43. The van der Waals surface area contributed by atoms with E-state index in [1.165, 1.54) is 4.90 Å². The Kier molecular flexibility index (Phi) is 6.95. The first-order valence-electron chi connectivity index (χ1n) is 10.2. The van der Waals surface area contributed by atoms with Crippen molar-refractivity contribution in [2.24, 2.45) is 0 Å². The second kappa shape index (κ2) is 9.29. The summed E-state index contributed by atoms with van der Waals surface area (Å²) >= 11 is 3.38. The molecule has 6 nitrogen and oxygen atoms in total. The summed E-state index contributed by atoms with van der Waals surface area (Å²) in [4.78, 5) is 26.5. The van der Waals surface area contributed by atoms with Crippen LogP contribution in [-0.2, 0) is 28.2 Å². The number of amides is 2. The Morgan fingerprint density at radius 3 is 2.00 bits per heavy atom. The van der Waals surface area contributed by atoms with Crippen LogP contribution in [0.2, 0.25) is 0 Å². The first-order valence-corrected chi connectivity index (χ1v) is 11.0. The number of carbonyl (C=O) groups is 2. The summed E-state index contributed by atoms with van der Waals surface area (Å²) in [7, 11) is 0. The van der Waals surface area contributed by atoms with Crippen molar-refractivity contribution in [3.8, 4) is 0 Å². The fourth-order valence-electron chi connectivity index (χ4n) is 3.64. The number of carbonyl (C=O) groups excluding carboxylic acids is 2. The van der Waals surface area contributed by atoms with Crippen LogP contribution in [0.1, 0.15) is 43.4 Å². The van der Waals surface area contributed by atoms with E-state index in [9.17, 15) is 19.8 Å². The molecule has 30 heavy (non-hydrogen) atoms. The summed E-state index contributed by atoms with van der Waals surface area (Å²) in [5, 5.41) is 23.4. The number of rotatable bonds is 5. The molecule has 2 amide bonds. The van der Waals surface area contributed by atoms with E-state index in [0.29, 0.717) is 13.1 Å². The maximum atomic E-state index is 12.6. The van der Waals surface area contributed by atoms with Gasteiger partial charge in [-0.25, -0.2) is 0 Å². The van der Waals surface area contributed by atoms with Crippen LogP contribution in [0.25, 0.3) is 0 Å². The van der Waals surface area contributed by atoms with Gasteiger partial charge in [0.1, 0.15) is 0 Å². The van der Waals surface area contributed by atoms with Gasteiger partial charge in [0.25, 0.3) is 11.8 Å². The van der Waals surface area contributed by atoms with E-state index in [2.05, 4.69) is 21.2 Å². The lowest BCUT2D eigenvalue weighted by Crippen LogP contribution is -2.51. The number of fused-ring (bicyclic) bond motifs is 1. The topological polar surface area (TPSA) is 89.9 Å². The smallest absolute Gasteiger partial charge is 0.255 e. The minimum absolute atomic E-state index is 0.364. The van der Waals surface area contributed by atoms with Gasteiger partial charge >= 0.3 is 0 Å². The number of hydrogen-bond acceptors (Lipinski definition) is 4. The standard InChI is InChI=1S/C21H21BrN2O4.C2H6/c22-16-7-5-15(6-8-16)21(9-10-21)23-19(27)17(25)18(26)20(28)24-11-13-3-1-2-4-14(13)12-24;1-2/h1-8,17-18,25-26H,9-12H2,(H,23,27);1-2H3. The van der Waals surface area contributed by atoms with Crippen molar-refractivity contribution >= 4 is 27.7 Å². The Hall–Kier alpha value is -2.22. The van der Waals surface area contributed by atoms with Gasteiger partial charge in [0.05, 0.1) is 5.54 Å². The lowest BCUT2D eigenvalue weighted by Gasteiger charge is -2.25. The molecule has 2 aliphatic rings. The van der Waals surface area contributed by atoms with E-state index >= 15 is 0 Å². The van der Waals surface area contributed by atoms with Crippen LogP contribution in [0, 0.1) is 0 Å². The molecule has 0 bridgehead atoms. The zero-order chi connectivity index (χ0) is 21.9. The summed E-state index contributed by atoms with van der Waals surface area (Å²) in [6, 6.07) is 15.2. The number of halogens is 1. The zero-order valence-electron chi connectivity index (χ0n) is 17.1. The molecule has 2 aromatic rings. The first kappa shape index (κ1) is 22.5. The number of benzene rings is 2. The highest BCUT2D eigenvalue weighted by atomic mass is 79.9. The Morgan fingerprint density at radius 2 is 1.50 bits per heavy atom. The third kappa shape index (κ3) is 4.58. The number of aliphatic hydroxyl groups excluding tert-OH is 2. The Labute approximate surface area is 185 Å². The summed E-state index contributed by atoms with van der Waals surface area (Å²) < 4.78 is 0.936. The fourth-order valence-corrected chi connectivity index (χ4v) is 3.91. The van der Waals surface area contributed by atoms with Crippen molar-refractivity contribution in [2.45, 2.75) is 57.5 Å². The molecule has 160 valence electrons. The van der Waals surface area contributed by atoms with Crippen LogP contribution in [0.5, 0.6) is 0 Å². The van der Waals surface area contributed by atoms with E-state index in [1.807, 2.05) is 62.4 Å². The number of nitrogens with one attached hydrogen (secondary N) is 1. The Balaban J connectivity index is 0.00000124. The molecule has 0 radical (unpaired) electrons. The predicted molar refractivity (Wildman–Crippen MR) is 117 cm³/mol. The monoisotopic (exact) mass is 474 g/mol. The highest BCUT2D eigenvalue weighted by molar-refractivity contribution is 9.10. The molecule has 0 spiro atoms. The Bertz CT molecular complexity index is 887. The third-order valence-corrected chi connectivity index (χ3v) is 6.01. The molecule has 2 unspecified atom stereocenters. The molecule has 2 aromatic carbocycles. The van der Waals surface area contributed by atoms with Crippen LogP contribution in [0.3, 0.4) is 0 Å². The highest BCUT2D eigenvalue weighted by Crippen LogP contribution is 2.45. The minimum Gasteiger partial charge on any atom is -0.380 e. The zero-order valence-corrected chi connectivity index (χ0v) is 18.7. The van der Waals surface area contributed by atoms with Gasteiger partial charge in [0.15, 0.2) is 12.2 Å². The van der Waals surface area contributed by atoms with Crippen LogP contribution in [-0.4, -0.2) is 39.1 Å². The molecule has 4 rings (SSSR count). The average molecular weight is 475 g/mol. The summed E-state index contributed by atoms with van der Waals surface area (Å²) in [6.07, 6.45) is -2.11. The van der Waals surface area contributed by atoms with Gasteiger partial charge in [-0.3, -0.25) is 9.59 Å². The number of aliphatic hydroxyl groups is 2. The van der Waals surface area contributed by atoms with Gasteiger partial charge in [-0.05, 0) is 41.7 Å². The number of nitrogens with zero attached hydrogens (tertiary/aromatic N) is 1. The summed E-state index contributed by atoms with van der Waals surface area (Å²) in [5.41, 5.74) is 2.42. The predicted octanol–water partition coefficient (Wildman–Crippen LogP) is 2.84. The fraction of sp³-hybridized carbons (Fsp3) is 0.391. The average Bonchev–Trinajstić information content (AvgIpc) is 3.41. The summed E-state index contributed by atoms with van der Waals surface area (Å²) in [6.45, 7) is 4.73. The summed E-state index contributed by atoms with van der Waals surface area (Å²) in [5.74, 6) is -1.38. The minimum atomic E-state index is -1.82. The number of hydrogen-bond donors (Lipinski definition) is 3. The second-order valence-corrected chi connectivity index (χ2v) is 8.35. The molecule has 3 N–H and O–H groups in total. The normalized spacial score (nSPS) is 17.8. The van der Waals surface area contributed by atoms with Gasteiger partial charge in [-0.1, -0.05) is 66.2 Å². The molecule has 1 heterocycles. The van der Waals surface area contributed by atoms with E-state index in [0.717, 1.165) is 34.0 Å². The quantitative estimate of drug-likeness (QED) is 0.621. The molecule has 1 fully saturated rings. The van der Waals surface area contributed by atoms with E-state index in [-0.39, 0.29) is 0 Å². The van der Waals surface area contributed by atoms with Gasteiger partial charge in [0, 0.05) is 17.6 Å². The maximum Gasteiger partial charge on any atom is 0.255 e. The van der Waals surface area contributed by atoms with Crippen molar-refractivity contribution in [1.29, 1.82) is 0 Å². The van der Waals surface area contributed by atoms with E-state index in [4.69, 9.17) is 0 Å². The van der Waals surface area contributed by atoms with Crippen LogP contribution >= 0.6 is 15.9 Å². The van der Waals surface area contributed by atoms with Crippen molar-refractivity contribution in [3.63, 3.8) is 0 Å². The molecule has 1 aliphatic carbocycles. The molecule has 1 saturated carbocycles. The molecule has 0 saturated heterocycles. The third-order valence-electron chi connectivity index (χ3n) is 5.48. The Morgan fingerprint density at radius 1 is 0.967 bits per heavy atom. The largest absolute Gasteiger partial charge is 0.380 e. The lowest BCUT2D eigenvalue weighted by atomic mass is 10.0. The van der Waals surface area contributed by atoms with E-state index in [1.54, 1.807) is 0 Å². The van der Waals surface area contributed by atoms with Crippen molar-refractivity contribution in [3.05, 3.63) is 69.7 Å². The molecular weight excluding hydrogens is 448 g/mol.